The molecule has 1 aliphatic carbocycles. The molecular formula is C14H19NO2. The van der Waals surface area contributed by atoms with Crippen LogP contribution in [0.5, 0.6) is 5.75 Å². The van der Waals surface area contributed by atoms with Crippen molar-refractivity contribution in [1.82, 2.24) is 0 Å². The fourth-order valence-electron chi connectivity index (χ4n) is 2.74. The van der Waals surface area contributed by atoms with Crippen LogP contribution in [0, 0.1) is 5.92 Å². The van der Waals surface area contributed by atoms with Gasteiger partial charge in [0.15, 0.2) is 0 Å². The van der Waals surface area contributed by atoms with E-state index in [4.69, 9.17) is 15.2 Å². The van der Waals surface area contributed by atoms with Gasteiger partial charge in [-0.05, 0) is 24.3 Å². The minimum atomic E-state index is -0.0689. The summed E-state index contributed by atoms with van der Waals surface area (Å²) in [6.07, 6.45) is 3.60. The number of hydrogen-bond donors (Lipinski definition) is 1. The van der Waals surface area contributed by atoms with Crippen molar-refractivity contribution in [2.75, 3.05) is 13.7 Å². The number of ether oxygens (including phenoxy) is 2. The van der Waals surface area contributed by atoms with Crippen molar-refractivity contribution in [2.45, 2.75) is 31.4 Å². The van der Waals surface area contributed by atoms with Crippen LogP contribution in [0.15, 0.2) is 18.2 Å². The molecule has 0 spiro atoms. The van der Waals surface area contributed by atoms with E-state index < -0.39 is 0 Å². The fraction of sp³-hybridized carbons (Fsp3) is 0.571. The van der Waals surface area contributed by atoms with Crippen molar-refractivity contribution in [1.29, 1.82) is 0 Å². The molecule has 0 amide bonds. The maximum Gasteiger partial charge on any atom is 0.127 e. The van der Waals surface area contributed by atoms with E-state index in [2.05, 4.69) is 18.2 Å². The average molecular weight is 233 g/mol. The number of methoxy groups -OCH3 is 1. The zero-order chi connectivity index (χ0) is 11.8. The molecule has 2 atom stereocenters. The summed E-state index contributed by atoms with van der Waals surface area (Å²) in [4.78, 5) is 0. The monoisotopic (exact) mass is 233 g/mol. The highest BCUT2D eigenvalue weighted by Gasteiger charge is 2.37. The maximum absolute atomic E-state index is 6.36. The molecular weight excluding hydrogens is 214 g/mol. The molecule has 0 bridgehead atoms. The normalized spacial score (nSPS) is 21.8. The third kappa shape index (κ3) is 1.94. The number of para-hydroxylation sites is 1. The third-order valence-corrected chi connectivity index (χ3v) is 3.82. The lowest BCUT2D eigenvalue weighted by molar-refractivity contribution is 0.0617. The van der Waals surface area contributed by atoms with Gasteiger partial charge in [-0.1, -0.05) is 18.2 Å². The fourth-order valence-corrected chi connectivity index (χ4v) is 2.74. The number of fused-ring (bicyclic) bond motifs is 1. The number of rotatable bonds is 4. The Labute approximate surface area is 102 Å². The Morgan fingerprint density at radius 1 is 1.41 bits per heavy atom. The van der Waals surface area contributed by atoms with Gasteiger partial charge in [-0.15, -0.1) is 0 Å². The topological polar surface area (TPSA) is 44.5 Å². The second-order valence-corrected chi connectivity index (χ2v) is 5.00. The van der Waals surface area contributed by atoms with Crippen LogP contribution < -0.4 is 10.5 Å². The van der Waals surface area contributed by atoms with Crippen molar-refractivity contribution in [3.05, 3.63) is 29.3 Å². The Morgan fingerprint density at radius 3 is 2.94 bits per heavy atom. The SMILES string of the molecule is COC(C1CC1)C(N)c1cccc2c1OCC2. The van der Waals surface area contributed by atoms with E-state index in [-0.39, 0.29) is 12.1 Å². The molecule has 1 heterocycles. The molecule has 3 heteroatoms. The second kappa shape index (κ2) is 4.31. The van der Waals surface area contributed by atoms with Crippen LogP contribution in [0.25, 0.3) is 0 Å². The lowest BCUT2D eigenvalue weighted by Gasteiger charge is -2.24. The van der Waals surface area contributed by atoms with Crippen molar-refractivity contribution >= 4 is 0 Å². The van der Waals surface area contributed by atoms with E-state index in [0.29, 0.717) is 5.92 Å². The summed E-state index contributed by atoms with van der Waals surface area (Å²) >= 11 is 0. The van der Waals surface area contributed by atoms with E-state index in [1.165, 1.54) is 18.4 Å². The lowest BCUT2D eigenvalue weighted by atomic mass is 9.96. The maximum atomic E-state index is 6.36. The van der Waals surface area contributed by atoms with Gasteiger partial charge in [-0.2, -0.15) is 0 Å². The summed E-state index contributed by atoms with van der Waals surface area (Å²) in [5, 5.41) is 0. The van der Waals surface area contributed by atoms with Crippen LogP contribution >= 0.6 is 0 Å². The summed E-state index contributed by atoms with van der Waals surface area (Å²) in [5.74, 6) is 1.63. The highest BCUT2D eigenvalue weighted by molar-refractivity contribution is 5.46. The molecule has 1 fully saturated rings. The van der Waals surface area contributed by atoms with Crippen LogP contribution in [0.2, 0.25) is 0 Å². The van der Waals surface area contributed by atoms with Crippen LogP contribution in [0.3, 0.4) is 0 Å². The summed E-state index contributed by atoms with van der Waals surface area (Å²) in [6.45, 7) is 0.778. The van der Waals surface area contributed by atoms with Crippen LogP contribution in [0.4, 0.5) is 0 Å². The molecule has 0 aromatic heterocycles. The molecule has 1 aromatic carbocycles. The quantitative estimate of drug-likeness (QED) is 0.865. The Morgan fingerprint density at radius 2 is 2.24 bits per heavy atom. The van der Waals surface area contributed by atoms with Crippen LogP contribution in [0.1, 0.15) is 30.0 Å². The van der Waals surface area contributed by atoms with Crippen LogP contribution in [-0.4, -0.2) is 19.8 Å². The molecule has 0 radical (unpaired) electrons. The molecule has 17 heavy (non-hydrogen) atoms. The predicted octanol–water partition coefficient (Wildman–Crippen LogP) is 2.05. The second-order valence-electron chi connectivity index (χ2n) is 5.00. The van der Waals surface area contributed by atoms with Crippen molar-refractivity contribution in [2.24, 2.45) is 11.7 Å². The van der Waals surface area contributed by atoms with Crippen molar-refractivity contribution in [3.8, 4) is 5.75 Å². The van der Waals surface area contributed by atoms with E-state index in [9.17, 15) is 0 Å². The van der Waals surface area contributed by atoms with Gasteiger partial charge in [0, 0.05) is 19.1 Å². The molecule has 1 saturated carbocycles. The average Bonchev–Trinajstić information content (AvgIpc) is 3.06. The predicted molar refractivity (Wildman–Crippen MR) is 66.1 cm³/mol. The minimum absolute atomic E-state index is 0.0689. The summed E-state index contributed by atoms with van der Waals surface area (Å²) in [6, 6.07) is 6.20. The molecule has 3 nitrogen and oxygen atoms in total. The molecule has 2 N–H and O–H groups in total. The molecule has 1 aromatic rings. The minimum Gasteiger partial charge on any atom is -0.493 e. The Bertz CT molecular complexity index is 415. The van der Waals surface area contributed by atoms with E-state index in [0.717, 1.165) is 24.3 Å². The number of hydrogen-bond acceptors (Lipinski definition) is 3. The Kier molecular flexibility index (Phi) is 2.81. The van der Waals surface area contributed by atoms with Crippen molar-refractivity contribution in [3.63, 3.8) is 0 Å². The number of benzene rings is 1. The smallest absolute Gasteiger partial charge is 0.127 e. The van der Waals surface area contributed by atoms with Crippen LogP contribution in [-0.2, 0) is 11.2 Å². The van der Waals surface area contributed by atoms with Gasteiger partial charge in [0.25, 0.3) is 0 Å². The summed E-state index contributed by atoms with van der Waals surface area (Å²) in [7, 11) is 1.76. The Hall–Kier alpha value is -1.06. The van der Waals surface area contributed by atoms with Gasteiger partial charge in [0.05, 0.1) is 18.8 Å². The first-order chi connectivity index (χ1) is 8.31. The third-order valence-electron chi connectivity index (χ3n) is 3.82. The Balaban J connectivity index is 1.90. The van der Waals surface area contributed by atoms with Crippen molar-refractivity contribution < 1.29 is 9.47 Å². The number of nitrogens with two attached hydrogens (primary N) is 1. The first kappa shape index (κ1) is 11.1. The van der Waals surface area contributed by atoms with Gasteiger partial charge in [-0.25, -0.2) is 0 Å². The van der Waals surface area contributed by atoms with E-state index in [1.54, 1.807) is 7.11 Å². The largest absolute Gasteiger partial charge is 0.493 e. The van der Waals surface area contributed by atoms with Gasteiger partial charge in [0.1, 0.15) is 5.75 Å². The van der Waals surface area contributed by atoms with E-state index in [1.807, 2.05) is 0 Å². The van der Waals surface area contributed by atoms with E-state index >= 15 is 0 Å². The van der Waals surface area contributed by atoms with Gasteiger partial charge in [0.2, 0.25) is 0 Å². The highest BCUT2D eigenvalue weighted by atomic mass is 16.5. The molecule has 0 saturated heterocycles. The molecule has 3 rings (SSSR count). The standard InChI is InChI=1S/C14H19NO2/c1-16-14(10-5-6-10)12(15)11-4-2-3-9-7-8-17-13(9)11/h2-4,10,12,14H,5-8,15H2,1H3. The molecule has 1 aliphatic heterocycles. The molecule has 92 valence electrons. The van der Waals surface area contributed by atoms with Gasteiger partial charge < -0.3 is 15.2 Å². The zero-order valence-corrected chi connectivity index (χ0v) is 10.2. The summed E-state index contributed by atoms with van der Waals surface area (Å²) < 4.78 is 11.3. The highest BCUT2D eigenvalue weighted by Crippen LogP contribution is 2.42. The first-order valence-corrected chi connectivity index (χ1v) is 6.34. The molecule has 2 aliphatic rings. The summed E-state index contributed by atoms with van der Waals surface area (Å²) in [5.41, 5.74) is 8.75. The van der Waals surface area contributed by atoms with Gasteiger partial charge in [-0.3, -0.25) is 0 Å². The lowest BCUT2D eigenvalue weighted by Crippen LogP contribution is -2.30. The first-order valence-electron chi connectivity index (χ1n) is 6.34. The zero-order valence-electron chi connectivity index (χ0n) is 10.2. The van der Waals surface area contributed by atoms with Gasteiger partial charge >= 0.3 is 0 Å². The molecule has 2 unspecified atom stereocenters.